The number of nitrogens with two attached hydrogens (primary N) is 1. The Bertz CT molecular complexity index is 356. The SMILES string of the molecule is CC(C)Cc1nn(C)c(N)c1[N+](=O)[O-]. The van der Waals surface area contributed by atoms with E-state index in [1.54, 1.807) is 7.05 Å². The van der Waals surface area contributed by atoms with Crippen LogP contribution in [0.1, 0.15) is 19.5 Å². The largest absolute Gasteiger partial charge is 0.378 e. The fourth-order valence-corrected chi connectivity index (χ4v) is 1.31. The van der Waals surface area contributed by atoms with Crippen LogP contribution in [-0.2, 0) is 13.5 Å². The summed E-state index contributed by atoms with van der Waals surface area (Å²) in [6.07, 6.45) is 0.571. The topological polar surface area (TPSA) is 87.0 Å². The van der Waals surface area contributed by atoms with Gasteiger partial charge in [-0.2, -0.15) is 5.10 Å². The Labute approximate surface area is 81.9 Å². The molecule has 0 fully saturated rings. The quantitative estimate of drug-likeness (QED) is 0.582. The highest BCUT2D eigenvalue weighted by Gasteiger charge is 2.24. The van der Waals surface area contributed by atoms with Crippen LogP contribution in [0.4, 0.5) is 11.5 Å². The molecule has 0 amide bonds. The van der Waals surface area contributed by atoms with Gasteiger partial charge in [0.2, 0.25) is 5.82 Å². The molecule has 0 radical (unpaired) electrons. The summed E-state index contributed by atoms with van der Waals surface area (Å²) in [7, 11) is 1.60. The van der Waals surface area contributed by atoms with Crippen molar-refractivity contribution >= 4 is 11.5 Å². The molecule has 0 unspecified atom stereocenters. The smallest absolute Gasteiger partial charge is 0.333 e. The van der Waals surface area contributed by atoms with E-state index in [1.807, 2.05) is 13.8 Å². The Morgan fingerprint density at radius 3 is 2.64 bits per heavy atom. The van der Waals surface area contributed by atoms with Gasteiger partial charge >= 0.3 is 5.69 Å². The highest BCUT2D eigenvalue weighted by Crippen LogP contribution is 2.26. The zero-order valence-corrected chi connectivity index (χ0v) is 8.52. The van der Waals surface area contributed by atoms with Gasteiger partial charge in [0.05, 0.1) is 4.92 Å². The monoisotopic (exact) mass is 198 g/mol. The minimum absolute atomic E-state index is 0.0544. The van der Waals surface area contributed by atoms with Crippen LogP contribution in [0.15, 0.2) is 0 Å². The Morgan fingerprint density at radius 2 is 2.21 bits per heavy atom. The van der Waals surface area contributed by atoms with E-state index in [0.717, 1.165) is 0 Å². The molecule has 0 saturated heterocycles. The van der Waals surface area contributed by atoms with Crippen LogP contribution in [-0.4, -0.2) is 14.7 Å². The molecule has 78 valence electrons. The number of aromatic nitrogens is 2. The van der Waals surface area contributed by atoms with Crippen LogP contribution in [0, 0.1) is 16.0 Å². The van der Waals surface area contributed by atoms with Gasteiger partial charge in [-0.3, -0.25) is 10.1 Å². The summed E-state index contributed by atoms with van der Waals surface area (Å²) < 4.78 is 1.34. The van der Waals surface area contributed by atoms with Crippen molar-refractivity contribution < 1.29 is 4.92 Å². The second-order valence-corrected chi connectivity index (χ2v) is 3.66. The number of anilines is 1. The predicted molar refractivity (Wildman–Crippen MR) is 52.8 cm³/mol. The van der Waals surface area contributed by atoms with Gasteiger partial charge in [0.25, 0.3) is 0 Å². The first-order chi connectivity index (χ1) is 6.43. The van der Waals surface area contributed by atoms with Crippen molar-refractivity contribution in [1.82, 2.24) is 9.78 Å². The first kappa shape index (κ1) is 10.5. The fourth-order valence-electron chi connectivity index (χ4n) is 1.31. The van der Waals surface area contributed by atoms with Crippen LogP contribution in [0.2, 0.25) is 0 Å². The maximum Gasteiger partial charge on any atom is 0.333 e. The van der Waals surface area contributed by atoms with Gasteiger partial charge in [0.15, 0.2) is 0 Å². The lowest BCUT2D eigenvalue weighted by molar-refractivity contribution is -0.384. The van der Waals surface area contributed by atoms with E-state index in [9.17, 15) is 10.1 Å². The molecule has 0 atom stereocenters. The summed E-state index contributed by atoms with van der Waals surface area (Å²) in [5.41, 5.74) is 5.95. The van der Waals surface area contributed by atoms with Gasteiger partial charge in [-0.15, -0.1) is 0 Å². The lowest BCUT2D eigenvalue weighted by atomic mass is 10.1. The summed E-state index contributed by atoms with van der Waals surface area (Å²) in [5, 5.41) is 14.7. The van der Waals surface area contributed by atoms with Crippen molar-refractivity contribution in [3.63, 3.8) is 0 Å². The van der Waals surface area contributed by atoms with Crippen molar-refractivity contribution in [2.24, 2.45) is 13.0 Å². The summed E-state index contributed by atoms with van der Waals surface area (Å²) in [5.74, 6) is 0.439. The number of hydrogen-bond donors (Lipinski definition) is 1. The van der Waals surface area contributed by atoms with E-state index in [0.29, 0.717) is 18.0 Å². The van der Waals surface area contributed by atoms with Gasteiger partial charge in [-0.25, -0.2) is 4.68 Å². The lowest BCUT2D eigenvalue weighted by Gasteiger charge is -1.99. The van der Waals surface area contributed by atoms with Gasteiger partial charge < -0.3 is 5.73 Å². The third-order valence-electron chi connectivity index (χ3n) is 1.92. The molecule has 1 rings (SSSR count). The molecule has 0 aliphatic carbocycles. The molecule has 14 heavy (non-hydrogen) atoms. The van der Waals surface area contributed by atoms with Crippen molar-refractivity contribution in [2.45, 2.75) is 20.3 Å². The molecule has 0 aliphatic heterocycles. The van der Waals surface area contributed by atoms with Crippen molar-refractivity contribution in [2.75, 3.05) is 5.73 Å². The zero-order chi connectivity index (χ0) is 10.9. The third-order valence-corrected chi connectivity index (χ3v) is 1.92. The van der Waals surface area contributed by atoms with Gasteiger partial charge in [-0.1, -0.05) is 13.8 Å². The fraction of sp³-hybridized carbons (Fsp3) is 0.625. The highest BCUT2D eigenvalue weighted by atomic mass is 16.6. The number of aryl methyl sites for hydroxylation is 1. The van der Waals surface area contributed by atoms with E-state index >= 15 is 0 Å². The van der Waals surface area contributed by atoms with E-state index in [-0.39, 0.29) is 11.5 Å². The summed E-state index contributed by atoms with van der Waals surface area (Å²) in [4.78, 5) is 10.2. The Balaban J connectivity index is 3.15. The Kier molecular flexibility index (Phi) is 2.73. The number of nitrogen functional groups attached to an aromatic ring is 1. The van der Waals surface area contributed by atoms with Crippen LogP contribution < -0.4 is 5.73 Å². The van der Waals surface area contributed by atoms with Crippen LogP contribution in [0.5, 0.6) is 0 Å². The second kappa shape index (κ2) is 3.65. The van der Waals surface area contributed by atoms with E-state index in [1.165, 1.54) is 4.68 Å². The number of rotatable bonds is 3. The summed E-state index contributed by atoms with van der Waals surface area (Å²) in [6, 6.07) is 0. The molecule has 6 heteroatoms. The first-order valence-corrected chi connectivity index (χ1v) is 4.39. The average Bonchev–Trinajstić information content (AvgIpc) is 2.26. The second-order valence-electron chi connectivity index (χ2n) is 3.66. The Morgan fingerprint density at radius 1 is 1.64 bits per heavy atom. The normalized spacial score (nSPS) is 10.9. The van der Waals surface area contributed by atoms with Crippen LogP contribution >= 0.6 is 0 Å². The maximum absolute atomic E-state index is 10.7. The van der Waals surface area contributed by atoms with Crippen LogP contribution in [0.25, 0.3) is 0 Å². The Hall–Kier alpha value is -1.59. The van der Waals surface area contributed by atoms with E-state index in [4.69, 9.17) is 5.73 Å². The molecule has 1 aromatic rings. The van der Waals surface area contributed by atoms with E-state index < -0.39 is 4.92 Å². The predicted octanol–water partition coefficient (Wildman–Crippen LogP) is 1.11. The summed E-state index contributed by atoms with van der Waals surface area (Å²) in [6.45, 7) is 3.96. The number of nitro groups is 1. The number of nitrogens with zero attached hydrogens (tertiary/aromatic N) is 3. The molecule has 6 nitrogen and oxygen atoms in total. The molecule has 2 N–H and O–H groups in total. The average molecular weight is 198 g/mol. The van der Waals surface area contributed by atoms with Crippen molar-refractivity contribution in [3.8, 4) is 0 Å². The standard InChI is InChI=1S/C8H14N4O2/c1-5(2)4-6-7(12(13)14)8(9)11(3)10-6/h5H,4,9H2,1-3H3. The molecule has 1 heterocycles. The lowest BCUT2D eigenvalue weighted by Crippen LogP contribution is -2.00. The van der Waals surface area contributed by atoms with Crippen LogP contribution in [0.3, 0.4) is 0 Å². The maximum atomic E-state index is 10.7. The molecule has 0 bridgehead atoms. The molecule has 0 saturated carbocycles. The van der Waals surface area contributed by atoms with Crippen molar-refractivity contribution in [3.05, 3.63) is 15.8 Å². The molecule has 0 aromatic carbocycles. The van der Waals surface area contributed by atoms with Gasteiger partial charge in [0.1, 0.15) is 5.69 Å². The third kappa shape index (κ3) is 1.84. The minimum Gasteiger partial charge on any atom is -0.378 e. The van der Waals surface area contributed by atoms with Crippen molar-refractivity contribution in [1.29, 1.82) is 0 Å². The molecule has 1 aromatic heterocycles. The highest BCUT2D eigenvalue weighted by molar-refractivity contribution is 5.56. The molecule has 0 spiro atoms. The number of hydrogen-bond acceptors (Lipinski definition) is 4. The minimum atomic E-state index is -0.472. The van der Waals surface area contributed by atoms with Gasteiger partial charge in [0, 0.05) is 13.5 Å². The zero-order valence-electron chi connectivity index (χ0n) is 8.52. The van der Waals surface area contributed by atoms with E-state index in [2.05, 4.69) is 5.10 Å². The van der Waals surface area contributed by atoms with Gasteiger partial charge in [-0.05, 0) is 5.92 Å². The molecular formula is C8H14N4O2. The molecule has 0 aliphatic rings. The summed E-state index contributed by atoms with van der Waals surface area (Å²) >= 11 is 0. The first-order valence-electron chi connectivity index (χ1n) is 4.39. The molecular weight excluding hydrogens is 184 g/mol.